The van der Waals surface area contributed by atoms with Gasteiger partial charge in [-0.25, -0.2) is 0 Å². The average Bonchev–Trinajstić information content (AvgIpc) is 2.29. The maximum absolute atomic E-state index is 8.54. The molecule has 0 radical (unpaired) electrons. The van der Waals surface area contributed by atoms with Gasteiger partial charge < -0.3 is 10.2 Å². The maximum Gasteiger partial charge on any atom is 0.0622 e. The molecule has 17 heavy (non-hydrogen) atoms. The van der Waals surface area contributed by atoms with E-state index in [-0.39, 0.29) is 0 Å². The summed E-state index contributed by atoms with van der Waals surface area (Å²) in [6.45, 7) is 10.3. The molecule has 0 aliphatic carbocycles. The molecule has 98 valence electrons. The van der Waals surface area contributed by atoms with Gasteiger partial charge in [0.15, 0.2) is 0 Å². The van der Waals surface area contributed by atoms with E-state index in [9.17, 15) is 0 Å². The van der Waals surface area contributed by atoms with Crippen molar-refractivity contribution in [2.75, 3.05) is 32.7 Å². The molecule has 1 unspecified atom stereocenters. The van der Waals surface area contributed by atoms with Crippen molar-refractivity contribution in [3.63, 3.8) is 0 Å². The highest BCUT2D eigenvalue weighted by Crippen LogP contribution is 2.16. The SMILES string of the molecule is CC(C)CNCC1CCCN(CCCC#N)C1. The number of nitrogens with zero attached hydrogens (tertiary/aromatic N) is 2. The van der Waals surface area contributed by atoms with Crippen molar-refractivity contribution < 1.29 is 0 Å². The summed E-state index contributed by atoms with van der Waals surface area (Å²) in [6.07, 6.45) is 4.41. The molecule has 0 saturated carbocycles. The molecular formula is C14H27N3. The summed E-state index contributed by atoms with van der Waals surface area (Å²) in [7, 11) is 0. The summed E-state index contributed by atoms with van der Waals surface area (Å²) in [4.78, 5) is 2.53. The predicted molar refractivity (Wildman–Crippen MR) is 71.7 cm³/mol. The third-order valence-corrected chi connectivity index (χ3v) is 3.35. The number of nitriles is 1. The molecule has 3 nitrogen and oxygen atoms in total. The minimum absolute atomic E-state index is 0.701. The van der Waals surface area contributed by atoms with Crippen LogP contribution in [0.15, 0.2) is 0 Å². The molecule has 1 rings (SSSR count). The van der Waals surface area contributed by atoms with Gasteiger partial charge in [-0.15, -0.1) is 0 Å². The molecule has 3 heteroatoms. The molecule has 0 aromatic carbocycles. The fraction of sp³-hybridized carbons (Fsp3) is 0.929. The van der Waals surface area contributed by atoms with Crippen molar-refractivity contribution >= 4 is 0 Å². The van der Waals surface area contributed by atoms with Crippen molar-refractivity contribution in [1.82, 2.24) is 10.2 Å². The average molecular weight is 237 g/mol. The van der Waals surface area contributed by atoms with Crippen molar-refractivity contribution in [2.45, 2.75) is 39.5 Å². The maximum atomic E-state index is 8.54. The van der Waals surface area contributed by atoms with Crippen molar-refractivity contribution in [2.24, 2.45) is 11.8 Å². The Bertz CT molecular complexity index is 232. The van der Waals surface area contributed by atoms with Crippen molar-refractivity contribution in [3.05, 3.63) is 0 Å². The number of hydrogen-bond donors (Lipinski definition) is 1. The van der Waals surface area contributed by atoms with Gasteiger partial charge in [0.25, 0.3) is 0 Å². The fourth-order valence-electron chi connectivity index (χ4n) is 2.48. The van der Waals surface area contributed by atoms with Crippen LogP contribution in [-0.2, 0) is 0 Å². The highest BCUT2D eigenvalue weighted by atomic mass is 15.1. The quantitative estimate of drug-likeness (QED) is 0.690. The Morgan fingerprint density at radius 3 is 3.00 bits per heavy atom. The van der Waals surface area contributed by atoms with Crippen LogP contribution in [0.3, 0.4) is 0 Å². The minimum Gasteiger partial charge on any atom is -0.316 e. The van der Waals surface area contributed by atoms with E-state index in [2.05, 4.69) is 30.1 Å². The van der Waals surface area contributed by atoms with Gasteiger partial charge in [-0.1, -0.05) is 13.8 Å². The fourth-order valence-corrected chi connectivity index (χ4v) is 2.48. The summed E-state index contributed by atoms with van der Waals surface area (Å²) in [5, 5.41) is 12.1. The van der Waals surface area contributed by atoms with Crippen LogP contribution in [0.2, 0.25) is 0 Å². The van der Waals surface area contributed by atoms with E-state index >= 15 is 0 Å². The first-order valence-electron chi connectivity index (χ1n) is 7.02. The second-order valence-electron chi connectivity index (χ2n) is 5.62. The topological polar surface area (TPSA) is 39.1 Å². The summed E-state index contributed by atoms with van der Waals surface area (Å²) >= 11 is 0. The first-order chi connectivity index (χ1) is 8.22. The molecule has 0 bridgehead atoms. The van der Waals surface area contributed by atoms with E-state index in [0.29, 0.717) is 6.42 Å². The number of piperidine rings is 1. The Morgan fingerprint density at radius 1 is 1.47 bits per heavy atom. The highest BCUT2D eigenvalue weighted by Gasteiger charge is 2.18. The molecule has 1 saturated heterocycles. The standard InChI is InChI=1S/C14H27N3/c1-13(2)10-16-11-14-6-5-9-17(12-14)8-4-3-7-15/h13-14,16H,3-6,8-12H2,1-2H3. The minimum atomic E-state index is 0.701. The molecule has 0 aromatic rings. The zero-order valence-corrected chi connectivity index (χ0v) is 11.4. The zero-order chi connectivity index (χ0) is 12.5. The van der Waals surface area contributed by atoms with Gasteiger partial charge in [-0.2, -0.15) is 5.26 Å². The second-order valence-corrected chi connectivity index (χ2v) is 5.62. The number of unbranched alkanes of at least 4 members (excludes halogenated alkanes) is 1. The Morgan fingerprint density at radius 2 is 2.29 bits per heavy atom. The molecule has 0 spiro atoms. The van der Waals surface area contributed by atoms with Crippen molar-refractivity contribution in [1.29, 1.82) is 5.26 Å². The smallest absolute Gasteiger partial charge is 0.0622 e. The lowest BCUT2D eigenvalue weighted by Crippen LogP contribution is -2.40. The molecular weight excluding hydrogens is 210 g/mol. The van der Waals surface area contributed by atoms with E-state index in [1.165, 1.54) is 25.9 Å². The van der Waals surface area contributed by atoms with Crippen LogP contribution in [0, 0.1) is 23.2 Å². The van der Waals surface area contributed by atoms with Crippen LogP contribution in [0.1, 0.15) is 39.5 Å². The van der Waals surface area contributed by atoms with Gasteiger partial charge in [0.1, 0.15) is 0 Å². The van der Waals surface area contributed by atoms with E-state index in [1.807, 2.05) is 0 Å². The molecule has 1 heterocycles. The Hall–Kier alpha value is -0.590. The number of likely N-dealkylation sites (tertiary alicyclic amines) is 1. The van der Waals surface area contributed by atoms with Crippen LogP contribution >= 0.6 is 0 Å². The number of hydrogen-bond acceptors (Lipinski definition) is 3. The normalized spacial score (nSPS) is 21.6. The predicted octanol–water partition coefficient (Wildman–Crippen LogP) is 2.25. The summed E-state index contributed by atoms with van der Waals surface area (Å²) < 4.78 is 0. The lowest BCUT2D eigenvalue weighted by atomic mass is 9.97. The van der Waals surface area contributed by atoms with E-state index in [1.54, 1.807) is 0 Å². The van der Waals surface area contributed by atoms with Gasteiger partial charge in [0.2, 0.25) is 0 Å². The monoisotopic (exact) mass is 237 g/mol. The lowest BCUT2D eigenvalue weighted by Gasteiger charge is -2.32. The Kier molecular flexibility index (Phi) is 7.23. The Labute approximate surface area is 106 Å². The van der Waals surface area contributed by atoms with Gasteiger partial charge in [-0.3, -0.25) is 0 Å². The van der Waals surface area contributed by atoms with Gasteiger partial charge in [0.05, 0.1) is 6.07 Å². The molecule has 0 aromatic heterocycles. The summed E-state index contributed by atoms with van der Waals surface area (Å²) in [5.41, 5.74) is 0. The molecule has 0 amide bonds. The Balaban J connectivity index is 2.13. The number of nitrogens with one attached hydrogen (secondary N) is 1. The highest BCUT2D eigenvalue weighted by molar-refractivity contribution is 4.76. The molecule has 1 fully saturated rings. The third-order valence-electron chi connectivity index (χ3n) is 3.35. The summed E-state index contributed by atoms with van der Waals surface area (Å²) in [6, 6.07) is 2.23. The second kappa shape index (κ2) is 8.49. The van der Waals surface area contributed by atoms with Crippen molar-refractivity contribution in [3.8, 4) is 6.07 Å². The lowest BCUT2D eigenvalue weighted by molar-refractivity contribution is 0.170. The largest absolute Gasteiger partial charge is 0.316 e. The molecule has 1 aliphatic rings. The molecule has 1 N–H and O–H groups in total. The van der Waals surface area contributed by atoms with Gasteiger partial charge >= 0.3 is 0 Å². The third kappa shape index (κ3) is 6.65. The molecule has 1 atom stereocenters. The van der Waals surface area contributed by atoms with Crippen LogP contribution in [0.25, 0.3) is 0 Å². The zero-order valence-electron chi connectivity index (χ0n) is 11.4. The van der Waals surface area contributed by atoms with Crippen LogP contribution in [-0.4, -0.2) is 37.6 Å². The number of rotatable bonds is 7. The summed E-state index contributed by atoms with van der Waals surface area (Å²) in [5.74, 6) is 1.55. The van der Waals surface area contributed by atoms with Crippen LogP contribution < -0.4 is 5.32 Å². The first-order valence-corrected chi connectivity index (χ1v) is 7.02. The van der Waals surface area contributed by atoms with Crippen LogP contribution in [0.5, 0.6) is 0 Å². The first kappa shape index (κ1) is 14.5. The van der Waals surface area contributed by atoms with E-state index in [4.69, 9.17) is 5.26 Å². The van der Waals surface area contributed by atoms with Gasteiger partial charge in [-0.05, 0) is 57.3 Å². The molecule has 1 aliphatic heterocycles. The van der Waals surface area contributed by atoms with E-state index in [0.717, 1.165) is 37.9 Å². The van der Waals surface area contributed by atoms with Gasteiger partial charge in [0, 0.05) is 13.0 Å². The van der Waals surface area contributed by atoms with Crippen LogP contribution in [0.4, 0.5) is 0 Å². The van der Waals surface area contributed by atoms with E-state index < -0.39 is 0 Å².